The number of nitrogens with one attached hydrogen (secondary N) is 1. The van der Waals surface area contributed by atoms with Gasteiger partial charge in [-0.2, -0.15) is 0 Å². The lowest BCUT2D eigenvalue weighted by atomic mass is 10.0. The first-order chi connectivity index (χ1) is 10.2. The number of benzene rings is 1. The predicted octanol–water partition coefficient (Wildman–Crippen LogP) is 3.00. The van der Waals surface area contributed by atoms with E-state index < -0.39 is 0 Å². The van der Waals surface area contributed by atoms with Gasteiger partial charge in [-0.15, -0.1) is 0 Å². The first-order valence-corrected chi connectivity index (χ1v) is 7.25. The van der Waals surface area contributed by atoms with E-state index in [1.165, 1.54) is 11.1 Å². The molecule has 0 radical (unpaired) electrons. The van der Waals surface area contributed by atoms with Gasteiger partial charge in [0.15, 0.2) is 11.5 Å². The van der Waals surface area contributed by atoms with Crippen LogP contribution in [0.25, 0.3) is 0 Å². The first-order valence-electron chi connectivity index (χ1n) is 7.25. The van der Waals surface area contributed by atoms with E-state index in [4.69, 9.17) is 13.9 Å². The largest absolute Gasteiger partial charge is 0.493 e. The van der Waals surface area contributed by atoms with Gasteiger partial charge in [-0.05, 0) is 43.5 Å². The Morgan fingerprint density at radius 3 is 2.90 bits per heavy atom. The van der Waals surface area contributed by atoms with Crippen LogP contribution < -0.4 is 14.8 Å². The van der Waals surface area contributed by atoms with E-state index in [1.54, 1.807) is 7.11 Å². The third kappa shape index (κ3) is 2.90. The zero-order valence-electron chi connectivity index (χ0n) is 12.7. The maximum absolute atomic E-state index is 5.86. The molecule has 112 valence electrons. The smallest absolute Gasteiger partial charge is 0.164 e. The molecule has 0 saturated carbocycles. The molecule has 2 heterocycles. The molecule has 0 amide bonds. The summed E-state index contributed by atoms with van der Waals surface area (Å²) in [4.78, 5) is 0. The van der Waals surface area contributed by atoms with Crippen molar-refractivity contribution in [3.63, 3.8) is 0 Å². The molecule has 21 heavy (non-hydrogen) atoms. The average Bonchev–Trinajstić information content (AvgIpc) is 2.83. The lowest BCUT2D eigenvalue weighted by Gasteiger charge is -2.27. The molecule has 2 aromatic rings. The van der Waals surface area contributed by atoms with Gasteiger partial charge in [0, 0.05) is 6.04 Å². The van der Waals surface area contributed by atoms with E-state index in [2.05, 4.69) is 24.4 Å². The molecule has 0 aliphatic carbocycles. The second kappa shape index (κ2) is 5.82. The van der Waals surface area contributed by atoms with Crippen LogP contribution in [-0.4, -0.2) is 19.8 Å². The molecule has 1 aromatic heterocycles. The standard InChI is InChI=1S/C17H21NO3/c1-11-7-15(21-12(11)2)9-18-14-8-13-5-4-6-16(19-3)17(13)20-10-14/h4-7,14,18H,8-10H2,1-3H3. The number of furan rings is 1. The van der Waals surface area contributed by atoms with Gasteiger partial charge < -0.3 is 19.2 Å². The zero-order chi connectivity index (χ0) is 14.8. The van der Waals surface area contributed by atoms with Gasteiger partial charge >= 0.3 is 0 Å². The number of aryl methyl sites for hydroxylation is 2. The summed E-state index contributed by atoms with van der Waals surface area (Å²) in [6, 6.07) is 8.40. The lowest BCUT2D eigenvalue weighted by Crippen LogP contribution is -2.38. The van der Waals surface area contributed by atoms with Crippen LogP contribution in [-0.2, 0) is 13.0 Å². The number of para-hydroxylation sites is 1. The summed E-state index contributed by atoms with van der Waals surface area (Å²) in [6.45, 7) is 5.42. The van der Waals surface area contributed by atoms with Gasteiger partial charge in [0.05, 0.1) is 13.7 Å². The SMILES string of the molecule is COc1cccc2c1OCC(NCc1cc(C)c(C)o1)C2. The molecule has 1 unspecified atom stereocenters. The summed E-state index contributed by atoms with van der Waals surface area (Å²) in [6.07, 6.45) is 0.936. The molecule has 1 atom stereocenters. The van der Waals surface area contributed by atoms with Gasteiger partial charge in [0.25, 0.3) is 0 Å². The maximum Gasteiger partial charge on any atom is 0.164 e. The second-order valence-electron chi connectivity index (χ2n) is 5.49. The third-order valence-corrected chi connectivity index (χ3v) is 3.96. The number of hydrogen-bond donors (Lipinski definition) is 1. The zero-order valence-corrected chi connectivity index (χ0v) is 12.7. The Kier molecular flexibility index (Phi) is 3.88. The summed E-state index contributed by atoms with van der Waals surface area (Å²) >= 11 is 0. The number of fused-ring (bicyclic) bond motifs is 1. The molecule has 1 N–H and O–H groups in total. The molecule has 1 aromatic carbocycles. The number of methoxy groups -OCH3 is 1. The topological polar surface area (TPSA) is 43.6 Å². The highest BCUT2D eigenvalue weighted by atomic mass is 16.5. The van der Waals surface area contributed by atoms with Crippen molar-refractivity contribution in [1.82, 2.24) is 5.32 Å². The van der Waals surface area contributed by atoms with E-state index in [-0.39, 0.29) is 6.04 Å². The van der Waals surface area contributed by atoms with Crippen molar-refractivity contribution in [2.75, 3.05) is 13.7 Å². The van der Waals surface area contributed by atoms with Crippen molar-refractivity contribution in [2.24, 2.45) is 0 Å². The van der Waals surface area contributed by atoms with Crippen molar-refractivity contribution < 1.29 is 13.9 Å². The van der Waals surface area contributed by atoms with Gasteiger partial charge in [-0.1, -0.05) is 12.1 Å². The van der Waals surface area contributed by atoms with E-state index in [0.717, 1.165) is 36.0 Å². The van der Waals surface area contributed by atoms with Crippen LogP contribution in [0.3, 0.4) is 0 Å². The highest BCUT2D eigenvalue weighted by molar-refractivity contribution is 5.48. The highest BCUT2D eigenvalue weighted by Crippen LogP contribution is 2.34. The Bertz CT molecular complexity index is 613. The minimum atomic E-state index is 0.287. The second-order valence-corrected chi connectivity index (χ2v) is 5.49. The van der Waals surface area contributed by atoms with E-state index in [0.29, 0.717) is 6.61 Å². The van der Waals surface area contributed by atoms with Crippen LogP contribution in [0.4, 0.5) is 0 Å². The first kappa shape index (κ1) is 14.0. The molecule has 0 fully saturated rings. The molecule has 0 bridgehead atoms. The third-order valence-electron chi connectivity index (χ3n) is 3.96. The van der Waals surface area contributed by atoms with Crippen LogP contribution in [0, 0.1) is 13.8 Å². The molecule has 0 saturated heterocycles. The fourth-order valence-electron chi connectivity index (χ4n) is 2.67. The van der Waals surface area contributed by atoms with Crippen LogP contribution >= 0.6 is 0 Å². The number of ether oxygens (including phenoxy) is 2. The quantitative estimate of drug-likeness (QED) is 0.939. The average molecular weight is 287 g/mol. The van der Waals surface area contributed by atoms with Gasteiger partial charge in [-0.3, -0.25) is 0 Å². The van der Waals surface area contributed by atoms with Crippen molar-refractivity contribution in [3.05, 3.63) is 46.9 Å². The molecule has 4 nitrogen and oxygen atoms in total. The summed E-state index contributed by atoms with van der Waals surface area (Å²) in [7, 11) is 1.67. The molecular formula is C17H21NO3. The monoisotopic (exact) mass is 287 g/mol. The van der Waals surface area contributed by atoms with Crippen LogP contribution in [0.5, 0.6) is 11.5 Å². The highest BCUT2D eigenvalue weighted by Gasteiger charge is 2.22. The molecular weight excluding hydrogens is 266 g/mol. The van der Waals surface area contributed by atoms with Crippen LogP contribution in [0.1, 0.15) is 22.6 Å². The van der Waals surface area contributed by atoms with Crippen molar-refractivity contribution in [1.29, 1.82) is 0 Å². The van der Waals surface area contributed by atoms with Gasteiger partial charge in [-0.25, -0.2) is 0 Å². The number of rotatable bonds is 4. The Balaban J connectivity index is 1.64. The van der Waals surface area contributed by atoms with E-state index >= 15 is 0 Å². The van der Waals surface area contributed by atoms with Crippen molar-refractivity contribution in [3.8, 4) is 11.5 Å². The Labute approximate surface area is 125 Å². The minimum Gasteiger partial charge on any atom is -0.493 e. The van der Waals surface area contributed by atoms with Crippen LogP contribution in [0.2, 0.25) is 0 Å². The maximum atomic E-state index is 5.86. The molecule has 4 heteroatoms. The van der Waals surface area contributed by atoms with E-state index in [9.17, 15) is 0 Å². The Morgan fingerprint density at radius 1 is 1.33 bits per heavy atom. The molecule has 0 spiro atoms. The molecule has 1 aliphatic heterocycles. The van der Waals surface area contributed by atoms with Gasteiger partial charge in [0.2, 0.25) is 0 Å². The summed E-state index contributed by atoms with van der Waals surface area (Å²) in [5.41, 5.74) is 2.38. The summed E-state index contributed by atoms with van der Waals surface area (Å²) < 4.78 is 16.9. The van der Waals surface area contributed by atoms with Gasteiger partial charge in [0.1, 0.15) is 18.1 Å². The lowest BCUT2D eigenvalue weighted by molar-refractivity contribution is 0.224. The summed E-state index contributed by atoms with van der Waals surface area (Å²) in [5.74, 6) is 3.65. The van der Waals surface area contributed by atoms with Crippen LogP contribution in [0.15, 0.2) is 28.7 Å². The molecule has 1 aliphatic rings. The fourth-order valence-corrected chi connectivity index (χ4v) is 2.67. The Morgan fingerprint density at radius 2 is 2.19 bits per heavy atom. The summed E-state index contributed by atoms with van der Waals surface area (Å²) in [5, 5.41) is 3.50. The number of hydrogen-bond acceptors (Lipinski definition) is 4. The minimum absolute atomic E-state index is 0.287. The molecule has 3 rings (SSSR count). The van der Waals surface area contributed by atoms with Crippen molar-refractivity contribution in [2.45, 2.75) is 32.9 Å². The fraction of sp³-hybridized carbons (Fsp3) is 0.412. The Hall–Kier alpha value is -1.94. The van der Waals surface area contributed by atoms with Crippen molar-refractivity contribution >= 4 is 0 Å². The normalized spacial score (nSPS) is 17.2. The predicted molar refractivity (Wildman–Crippen MR) is 81.0 cm³/mol. The van der Waals surface area contributed by atoms with E-state index in [1.807, 2.05) is 19.1 Å².